The Balaban J connectivity index is 1.83. The zero-order valence-corrected chi connectivity index (χ0v) is 18.7. The average Bonchev–Trinajstić information content (AvgIpc) is 2.85. The number of aliphatic hydroxyl groups is 3. The first-order valence-corrected chi connectivity index (χ1v) is 11.8. The van der Waals surface area contributed by atoms with Crippen LogP contribution in [0.25, 0.3) is 0 Å². The minimum atomic E-state index is -1.87. The van der Waals surface area contributed by atoms with E-state index in [1.807, 2.05) is 66.8 Å². The van der Waals surface area contributed by atoms with Crippen molar-refractivity contribution in [3.05, 3.63) is 24.6 Å². The van der Waals surface area contributed by atoms with Crippen molar-refractivity contribution in [2.75, 3.05) is 47.9 Å². The lowest BCUT2D eigenvalue weighted by Crippen LogP contribution is -2.74. The summed E-state index contributed by atoms with van der Waals surface area (Å²) in [5.74, 6) is -1.87. The smallest absolute Gasteiger partial charge is 0.202 e. The van der Waals surface area contributed by atoms with Crippen molar-refractivity contribution in [1.82, 2.24) is 18.7 Å². The van der Waals surface area contributed by atoms with Crippen molar-refractivity contribution in [2.45, 2.75) is 35.6 Å². The van der Waals surface area contributed by atoms with E-state index in [1.54, 1.807) is 0 Å². The number of hydrogen-bond acceptors (Lipinski definition) is 9. The third-order valence-corrected chi connectivity index (χ3v) is 11.4. The van der Waals surface area contributed by atoms with Crippen LogP contribution in [-0.2, 0) is 9.47 Å². The summed E-state index contributed by atoms with van der Waals surface area (Å²) in [6.07, 6.45) is 6.12. The maximum atomic E-state index is 12.1. The van der Waals surface area contributed by atoms with E-state index in [0.29, 0.717) is 13.1 Å². The maximum Gasteiger partial charge on any atom is 0.202 e. The molecule has 9 nitrogen and oxygen atoms in total. The van der Waals surface area contributed by atoms with E-state index in [0.717, 1.165) is 0 Å². The van der Waals surface area contributed by atoms with Gasteiger partial charge in [-0.1, -0.05) is 12.2 Å². The van der Waals surface area contributed by atoms with Gasteiger partial charge in [0.05, 0.1) is 6.61 Å². The lowest BCUT2D eigenvalue weighted by molar-refractivity contribution is -0.331. The highest BCUT2D eigenvalue weighted by molar-refractivity contribution is 7.56. The molecule has 7 atom stereocenters. The van der Waals surface area contributed by atoms with Crippen molar-refractivity contribution in [1.29, 1.82) is 0 Å². The van der Waals surface area contributed by atoms with Crippen LogP contribution in [0.15, 0.2) is 24.6 Å². The molecular formula is C17H30N4O5P2. The van der Waals surface area contributed by atoms with Gasteiger partial charge >= 0.3 is 0 Å². The third-order valence-electron chi connectivity index (χ3n) is 5.95. The lowest BCUT2D eigenvalue weighted by Gasteiger charge is -2.61. The Labute approximate surface area is 168 Å². The second-order valence-corrected chi connectivity index (χ2v) is 13.2. The second kappa shape index (κ2) is 6.84. The Hall–Kier alpha value is -0.340. The van der Waals surface area contributed by atoms with Gasteiger partial charge < -0.3 is 34.1 Å². The number of hydrogen-bond donors (Lipinski definition) is 3. The van der Waals surface area contributed by atoms with Crippen molar-refractivity contribution >= 4 is 16.4 Å². The molecule has 0 aromatic rings. The van der Waals surface area contributed by atoms with Crippen molar-refractivity contribution in [3.8, 4) is 0 Å². The molecule has 158 valence electrons. The topological polar surface area (TPSA) is 92.1 Å². The minimum Gasteiger partial charge on any atom is -0.377 e. The Kier molecular flexibility index (Phi) is 5.11. The van der Waals surface area contributed by atoms with Gasteiger partial charge in [0, 0.05) is 39.6 Å². The summed E-state index contributed by atoms with van der Waals surface area (Å²) in [5.41, 5.74) is 0. The van der Waals surface area contributed by atoms with Gasteiger partial charge in [-0.15, -0.1) is 0 Å². The van der Waals surface area contributed by atoms with E-state index < -0.39 is 45.1 Å². The molecule has 0 aliphatic carbocycles. The molecule has 2 saturated heterocycles. The van der Waals surface area contributed by atoms with Crippen LogP contribution in [0.5, 0.6) is 0 Å². The standard InChI is InChI=1S/C17H30N4O5P2/c1-15(22)17(24,28-20(4)10-7-11-21(28)5)14-16(23,13(26-15)12-25-14)27-18(2)8-6-9-19(27)3/h6-8,10,13-14,22-24H,9,11-12H2,1-5H3/t13-,14+,15+,16+,17+,27?,28?/m1/s1. The van der Waals surface area contributed by atoms with Crippen LogP contribution in [0, 0.1) is 0 Å². The zero-order valence-electron chi connectivity index (χ0n) is 16.9. The van der Waals surface area contributed by atoms with Gasteiger partial charge in [0.1, 0.15) is 28.7 Å². The normalized spacial score (nSPS) is 49.9. The van der Waals surface area contributed by atoms with Crippen molar-refractivity contribution in [2.24, 2.45) is 0 Å². The van der Waals surface area contributed by atoms with E-state index in [-0.39, 0.29) is 6.61 Å². The predicted octanol–water partition coefficient (Wildman–Crippen LogP) is 0.275. The zero-order chi connectivity index (χ0) is 20.5. The number of likely N-dealkylation sites (N-methyl/N-ethyl adjacent to an activating group) is 2. The largest absolute Gasteiger partial charge is 0.377 e. The fourth-order valence-corrected chi connectivity index (χ4v) is 10.6. The summed E-state index contributed by atoms with van der Waals surface area (Å²) in [6.45, 7) is 2.91. The third kappa shape index (κ3) is 2.66. The molecule has 2 unspecified atom stereocenters. The van der Waals surface area contributed by atoms with E-state index in [1.165, 1.54) is 6.92 Å². The fraction of sp³-hybridized carbons (Fsp3) is 0.765. The first-order chi connectivity index (χ1) is 13.0. The molecule has 0 saturated carbocycles. The summed E-state index contributed by atoms with van der Waals surface area (Å²) >= 11 is 0. The van der Waals surface area contributed by atoms with Gasteiger partial charge in [-0.3, -0.25) is 9.34 Å². The van der Waals surface area contributed by atoms with Gasteiger partial charge in [-0.2, -0.15) is 0 Å². The molecule has 4 aliphatic rings. The van der Waals surface area contributed by atoms with Crippen molar-refractivity contribution < 1.29 is 24.8 Å². The Morgan fingerprint density at radius 1 is 0.929 bits per heavy atom. The number of rotatable bonds is 2. The van der Waals surface area contributed by atoms with Gasteiger partial charge in [0.2, 0.25) is 5.79 Å². The molecule has 4 heterocycles. The number of nitrogens with zero attached hydrogens (tertiary/aromatic N) is 4. The Bertz CT molecular complexity index is 696. The highest BCUT2D eigenvalue weighted by Crippen LogP contribution is 2.71. The lowest BCUT2D eigenvalue weighted by atomic mass is 9.94. The molecule has 11 heteroatoms. The van der Waals surface area contributed by atoms with Crippen LogP contribution in [0.1, 0.15) is 6.92 Å². The summed E-state index contributed by atoms with van der Waals surface area (Å²) < 4.78 is 19.9. The minimum absolute atomic E-state index is 0.121. The highest BCUT2D eigenvalue weighted by Gasteiger charge is 2.78. The monoisotopic (exact) mass is 432 g/mol. The molecule has 3 N–H and O–H groups in total. The predicted molar refractivity (Wildman–Crippen MR) is 108 cm³/mol. The number of ether oxygens (including phenoxy) is 2. The van der Waals surface area contributed by atoms with Crippen LogP contribution >= 0.6 is 16.4 Å². The van der Waals surface area contributed by atoms with Gasteiger partial charge in [-0.05, 0) is 21.0 Å². The summed E-state index contributed by atoms with van der Waals surface area (Å²) in [5, 5.41) is 32.1. The summed E-state index contributed by atoms with van der Waals surface area (Å²) in [6, 6.07) is 0. The van der Waals surface area contributed by atoms with Gasteiger partial charge in [0.25, 0.3) is 0 Å². The molecule has 0 amide bonds. The van der Waals surface area contributed by atoms with Crippen LogP contribution < -0.4 is 0 Å². The first-order valence-electron chi connectivity index (χ1n) is 9.33. The van der Waals surface area contributed by atoms with E-state index in [4.69, 9.17) is 9.47 Å². The maximum absolute atomic E-state index is 12.1. The molecule has 2 fully saturated rings. The molecule has 0 aromatic carbocycles. The molecule has 2 bridgehead atoms. The fourth-order valence-electron chi connectivity index (χ4n) is 4.76. The molecule has 0 radical (unpaired) electrons. The molecule has 28 heavy (non-hydrogen) atoms. The Morgan fingerprint density at radius 2 is 1.46 bits per heavy atom. The summed E-state index contributed by atoms with van der Waals surface area (Å²) in [7, 11) is 4.84. The van der Waals surface area contributed by atoms with Crippen LogP contribution in [-0.4, -0.2) is 111 Å². The van der Waals surface area contributed by atoms with Gasteiger partial charge in [0.15, 0.2) is 10.7 Å². The molecule has 0 spiro atoms. The SMILES string of the molecule is CN1C=CCN(C)P1[C@@]1(O)[C@H]2CO[C@@H]1[C@](O)(P1N(C)C=CCN1C)[C@@](C)(O)O2. The van der Waals surface area contributed by atoms with Crippen LogP contribution in [0.3, 0.4) is 0 Å². The van der Waals surface area contributed by atoms with E-state index in [2.05, 4.69) is 4.67 Å². The molecule has 4 aliphatic heterocycles. The quantitative estimate of drug-likeness (QED) is 0.532. The summed E-state index contributed by atoms with van der Waals surface area (Å²) in [4.78, 5) is 0. The van der Waals surface area contributed by atoms with Gasteiger partial charge in [-0.25, -0.2) is 0 Å². The van der Waals surface area contributed by atoms with Crippen molar-refractivity contribution in [3.63, 3.8) is 0 Å². The average molecular weight is 432 g/mol. The van der Waals surface area contributed by atoms with E-state index >= 15 is 0 Å². The highest BCUT2D eigenvalue weighted by atomic mass is 31.1. The van der Waals surface area contributed by atoms with Crippen LogP contribution in [0.4, 0.5) is 0 Å². The molecule has 0 aromatic heterocycles. The molecule has 4 rings (SSSR count). The second-order valence-electron chi connectivity index (χ2n) is 7.99. The van der Waals surface area contributed by atoms with Crippen LogP contribution in [0.2, 0.25) is 0 Å². The molecular weight excluding hydrogens is 402 g/mol. The van der Waals surface area contributed by atoms with E-state index in [9.17, 15) is 15.3 Å². The Morgan fingerprint density at radius 3 is 2.00 bits per heavy atom. The first kappa shape index (κ1) is 20.9. The number of fused-ring (bicyclic) bond motifs is 2.